The number of rotatable bonds is 6. The summed E-state index contributed by atoms with van der Waals surface area (Å²) in [5.41, 5.74) is 16.1. The summed E-state index contributed by atoms with van der Waals surface area (Å²) in [6, 6.07) is 68.4. The van der Waals surface area contributed by atoms with E-state index in [9.17, 15) is 0 Å². The van der Waals surface area contributed by atoms with Crippen LogP contribution in [0.5, 0.6) is 0 Å². The van der Waals surface area contributed by atoms with Crippen LogP contribution < -0.4 is 4.90 Å². The predicted molar refractivity (Wildman–Crippen MR) is 213 cm³/mol. The Kier molecular flexibility index (Phi) is 7.21. The van der Waals surface area contributed by atoms with Gasteiger partial charge in [0, 0.05) is 22.4 Å². The fourth-order valence-electron chi connectivity index (χ4n) is 7.98. The smallest absolute Gasteiger partial charge is 0.0540 e. The highest BCUT2D eigenvalue weighted by molar-refractivity contribution is 6.08. The van der Waals surface area contributed by atoms with Crippen LogP contribution in [0.4, 0.5) is 17.1 Å². The molecule has 0 saturated carbocycles. The third-order valence-corrected chi connectivity index (χ3v) is 10.5. The normalized spacial score (nSPS) is 12.8. The van der Waals surface area contributed by atoms with Crippen molar-refractivity contribution >= 4 is 27.8 Å². The molecule has 8 aromatic carbocycles. The van der Waals surface area contributed by atoms with Gasteiger partial charge in [0.1, 0.15) is 0 Å². The van der Waals surface area contributed by atoms with E-state index in [1.807, 2.05) is 0 Å². The van der Waals surface area contributed by atoms with E-state index in [1.54, 1.807) is 0 Å². The minimum absolute atomic E-state index is 0.0749. The van der Waals surface area contributed by atoms with Gasteiger partial charge in [-0.15, -0.1) is 0 Å². The SMILES string of the molecule is CC1(C)c2ccccc2-c2c1cc1ccccc1c2-c1ccc(N(c2ccc(-c3ccccc3)cc2)c2ccccc2-c2ccccc2)cc1. The zero-order chi connectivity index (χ0) is 33.7. The number of anilines is 3. The Balaban J connectivity index is 1.22. The fourth-order valence-corrected chi connectivity index (χ4v) is 7.98. The van der Waals surface area contributed by atoms with E-state index < -0.39 is 0 Å². The second-order valence-electron chi connectivity index (χ2n) is 13.7. The van der Waals surface area contributed by atoms with Crippen LogP contribution in [0, 0.1) is 0 Å². The summed E-state index contributed by atoms with van der Waals surface area (Å²) < 4.78 is 0. The molecule has 238 valence electrons. The van der Waals surface area contributed by atoms with Gasteiger partial charge >= 0.3 is 0 Å². The summed E-state index contributed by atoms with van der Waals surface area (Å²) in [4.78, 5) is 2.40. The summed E-state index contributed by atoms with van der Waals surface area (Å²) in [6.45, 7) is 4.73. The van der Waals surface area contributed by atoms with Crippen LogP contribution in [0.25, 0.3) is 55.3 Å². The van der Waals surface area contributed by atoms with Gasteiger partial charge in [0.25, 0.3) is 0 Å². The third kappa shape index (κ3) is 4.94. The van der Waals surface area contributed by atoms with Crippen molar-refractivity contribution in [3.63, 3.8) is 0 Å². The lowest BCUT2D eigenvalue weighted by molar-refractivity contribution is 0.661. The van der Waals surface area contributed by atoms with Crippen LogP contribution in [0.1, 0.15) is 25.0 Å². The molecule has 0 atom stereocenters. The number of benzene rings is 8. The third-order valence-electron chi connectivity index (χ3n) is 10.5. The lowest BCUT2D eigenvalue weighted by Crippen LogP contribution is -2.15. The molecule has 1 aliphatic carbocycles. The molecule has 0 aliphatic heterocycles. The second-order valence-corrected chi connectivity index (χ2v) is 13.7. The van der Waals surface area contributed by atoms with Crippen LogP contribution in [-0.2, 0) is 5.41 Å². The molecular weight excluding hydrogens is 603 g/mol. The highest BCUT2D eigenvalue weighted by atomic mass is 15.1. The van der Waals surface area contributed by atoms with E-state index in [2.05, 4.69) is 207 Å². The molecule has 0 aromatic heterocycles. The van der Waals surface area contributed by atoms with E-state index in [0.29, 0.717) is 0 Å². The van der Waals surface area contributed by atoms with E-state index in [0.717, 1.165) is 17.1 Å². The Morgan fingerprint density at radius 2 is 0.900 bits per heavy atom. The lowest BCUT2D eigenvalue weighted by atomic mass is 9.80. The Bertz CT molecular complexity index is 2470. The van der Waals surface area contributed by atoms with Crippen molar-refractivity contribution in [2.24, 2.45) is 0 Å². The molecule has 0 bridgehead atoms. The number of para-hydroxylation sites is 1. The number of nitrogens with zero attached hydrogens (tertiary/aromatic N) is 1. The van der Waals surface area contributed by atoms with Gasteiger partial charge in [-0.1, -0.05) is 166 Å². The predicted octanol–water partition coefficient (Wildman–Crippen LogP) is 13.6. The first-order valence-corrected chi connectivity index (χ1v) is 17.4. The van der Waals surface area contributed by atoms with Gasteiger partial charge in [0.2, 0.25) is 0 Å². The lowest BCUT2D eigenvalue weighted by Gasteiger charge is -2.28. The van der Waals surface area contributed by atoms with Crippen LogP contribution in [0.15, 0.2) is 188 Å². The summed E-state index contributed by atoms with van der Waals surface area (Å²) in [5, 5.41) is 2.57. The maximum Gasteiger partial charge on any atom is 0.0540 e. The van der Waals surface area contributed by atoms with Crippen LogP contribution in [0.3, 0.4) is 0 Å². The maximum atomic E-state index is 2.42. The summed E-state index contributed by atoms with van der Waals surface area (Å²) in [6.07, 6.45) is 0. The van der Waals surface area contributed by atoms with Gasteiger partial charge in [-0.05, 0) is 97.2 Å². The molecule has 9 rings (SSSR count). The van der Waals surface area contributed by atoms with Crippen LogP contribution in [0.2, 0.25) is 0 Å². The van der Waals surface area contributed by atoms with Crippen molar-refractivity contribution in [3.8, 4) is 44.5 Å². The number of fused-ring (bicyclic) bond motifs is 4. The van der Waals surface area contributed by atoms with Gasteiger partial charge in [0.15, 0.2) is 0 Å². The average Bonchev–Trinajstić information content (AvgIpc) is 3.41. The molecule has 0 spiro atoms. The zero-order valence-electron chi connectivity index (χ0n) is 28.3. The average molecular weight is 640 g/mol. The van der Waals surface area contributed by atoms with E-state index >= 15 is 0 Å². The molecule has 8 aromatic rings. The first-order valence-electron chi connectivity index (χ1n) is 17.4. The van der Waals surface area contributed by atoms with Gasteiger partial charge < -0.3 is 4.90 Å². The molecule has 1 heteroatoms. The molecule has 50 heavy (non-hydrogen) atoms. The molecule has 0 N–H and O–H groups in total. The van der Waals surface area contributed by atoms with Crippen molar-refractivity contribution in [1.82, 2.24) is 0 Å². The monoisotopic (exact) mass is 639 g/mol. The Morgan fingerprint density at radius 3 is 1.60 bits per heavy atom. The van der Waals surface area contributed by atoms with Crippen molar-refractivity contribution in [1.29, 1.82) is 0 Å². The second kappa shape index (κ2) is 12.1. The molecule has 0 fully saturated rings. The molecule has 0 radical (unpaired) electrons. The van der Waals surface area contributed by atoms with Crippen molar-refractivity contribution in [3.05, 3.63) is 199 Å². The number of hydrogen-bond donors (Lipinski definition) is 0. The summed E-state index contributed by atoms with van der Waals surface area (Å²) in [5.74, 6) is 0. The van der Waals surface area contributed by atoms with Crippen LogP contribution in [-0.4, -0.2) is 0 Å². The minimum Gasteiger partial charge on any atom is -0.310 e. The van der Waals surface area contributed by atoms with Crippen molar-refractivity contribution in [2.45, 2.75) is 19.3 Å². The van der Waals surface area contributed by atoms with Gasteiger partial charge in [-0.2, -0.15) is 0 Å². The molecule has 0 unspecified atom stereocenters. The Labute approximate surface area is 294 Å². The van der Waals surface area contributed by atoms with E-state index in [4.69, 9.17) is 0 Å². The first kappa shape index (κ1) is 29.9. The maximum absolute atomic E-state index is 2.42. The molecule has 1 aliphatic rings. The molecular formula is C49H37N. The summed E-state index contributed by atoms with van der Waals surface area (Å²) >= 11 is 0. The quantitative estimate of drug-likeness (QED) is 0.175. The van der Waals surface area contributed by atoms with Crippen molar-refractivity contribution in [2.75, 3.05) is 4.90 Å². The molecule has 1 nitrogen and oxygen atoms in total. The number of hydrogen-bond acceptors (Lipinski definition) is 1. The molecule has 0 saturated heterocycles. The standard InChI is InChI=1S/C49H37N/c1-49(2)44-23-13-11-22-43(44)48-45(49)33-38-19-9-10-21-42(38)47(48)37-27-31-40(32-28-37)50(39-29-25-35(26-30-39)34-15-5-3-6-16-34)46-24-14-12-20-41(46)36-17-7-4-8-18-36/h3-33H,1-2H3. The van der Waals surface area contributed by atoms with Gasteiger partial charge in [-0.3, -0.25) is 0 Å². The summed E-state index contributed by atoms with van der Waals surface area (Å²) in [7, 11) is 0. The highest BCUT2D eigenvalue weighted by Crippen LogP contribution is 2.54. The van der Waals surface area contributed by atoms with Crippen molar-refractivity contribution < 1.29 is 0 Å². The Hall–Kier alpha value is -6.18. The fraction of sp³-hybridized carbons (Fsp3) is 0.0612. The largest absolute Gasteiger partial charge is 0.310 e. The van der Waals surface area contributed by atoms with Gasteiger partial charge in [0.05, 0.1) is 5.69 Å². The highest BCUT2D eigenvalue weighted by Gasteiger charge is 2.37. The van der Waals surface area contributed by atoms with E-state index in [-0.39, 0.29) is 5.41 Å². The van der Waals surface area contributed by atoms with Gasteiger partial charge in [-0.25, -0.2) is 0 Å². The van der Waals surface area contributed by atoms with E-state index in [1.165, 1.54) is 66.4 Å². The first-order chi connectivity index (χ1) is 24.6. The van der Waals surface area contributed by atoms with Crippen LogP contribution >= 0.6 is 0 Å². The zero-order valence-corrected chi connectivity index (χ0v) is 28.3. The molecule has 0 heterocycles. The topological polar surface area (TPSA) is 3.24 Å². The molecule has 0 amide bonds. The Morgan fingerprint density at radius 1 is 0.380 bits per heavy atom. The minimum atomic E-state index is -0.0749.